The third-order valence-electron chi connectivity index (χ3n) is 18.1. The van der Waals surface area contributed by atoms with Crippen LogP contribution in [-0.4, -0.2) is 6.71 Å². The van der Waals surface area contributed by atoms with Crippen LogP contribution in [-0.2, 0) is 16.2 Å². The van der Waals surface area contributed by atoms with Crippen LogP contribution < -0.4 is 26.2 Å². The van der Waals surface area contributed by atoms with Crippen molar-refractivity contribution in [2.45, 2.75) is 78.6 Å². The smallest absolute Gasteiger partial charge is 0.252 e. The molecule has 87 heavy (non-hydrogen) atoms. The first-order chi connectivity index (χ1) is 42.1. The molecule has 0 atom stereocenters. The van der Waals surface area contributed by atoms with Gasteiger partial charge in [-0.25, -0.2) is 0 Å². The molecule has 0 spiro atoms. The van der Waals surface area contributed by atoms with Crippen molar-refractivity contribution >= 4 is 57.2 Å². The lowest BCUT2D eigenvalue weighted by atomic mass is 9.33. The molecule has 2 heterocycles. The van der Waals surface area contributed by atoms with Crippen molar-refractivity contribution in [2.75, 3.05) is 9.80 Å². The van der Waals surface area contributed by atoms with Crippen LogP contribution in [0.25, 0.3) is 77.9 Å². The van der Waals surface area contributed by atoms with Gasteiger partial charge in [-0.3, -0.25) is 0 Å². The summed E-state index contributed by atoms with van der Waals surface area (Å²) in [6.45, 7) is 21.0. The Morgan fingerprint density at radius 1 is 0.241 bits per heavy atom. The van der Waals surface area contributed by atoms with Crippen LogP contribution in [0.3, 0.4) is 0 Å². The molecule has 0 saturated heterocycles. The SMILES string of the molecule is CC(C)(C)c1cc(-c2ccccc2)c(N2c3ccc(-c4ccccc4)cc3B3c4cc(-c5ccccc5)c(C(C)(C)C)cc4N(c4c(-c5ccccc5)cc(C(C)(C)C)cc4-c4ccccc4)c4cc(-c5ccccc5)cc2c43)c(-c2ccccc2)c1. The Bertz CT molecular complexity index is 4400. The van der Waals surface area contributed by atoms with Crippen molar-refractivity contribution in [3.63, 3.8) is 0 Å². The molecule has 14 rings (SSSR count). The lowest BCUT2D eigenvalue weighted by Crippen LogP contribution is -2.61. The van der Waals surface area contributed by atoms with Gasteiger partial charge in [0, 0.05) is 45.0 Å². The summed E-state index contributed by atoms with van der Waals surface area (Å²) in [5.41, 5.74) is 30.6. The molecule has 12 aromatic carbocycles. The van der Waals surface area contributed by atoms with E-state index >= 15 is 0 Å². The average molecular weight is 1120 g/mol. The largest absolute Gasteiger partial charge is 0.310 e. The van der Waals surface area contributed by atoms with E-state index in [0.717, 1.165) is 39.6 Å². The summed E-state index contributed by atoms with van der Waals surface area (Å²) < 4.78 is 0. The molecule has 0 N–H and O–H groups in total. The zero-order valence-corrected chi connectivity index (χ0v) is 51.5. The normalized spacial score (nSPS) is 12.8. The molecule has 0 fully saturated rings. The second-order valence-corrected chi connectivity index (χ2v) is 26.9. The van der Waals surface area contributed by atoms with Crippen LogP contribution in [0.2, 0.25) is 0 Å². The minimum atomic E-state index is -0.244. The molecule has 0 unspecified atom stereocenters. The molecule has 0 saturated carbocycles. The van der Waals surface area contributed by atoms with Crippen molar-refractivity contribution < 1.29 is 0 Å². The highest BCUT2D eigenvalue weighted by atomic mass is 15.2. The Kier molecular flexibility index (Phi) is 13.7. The molecule has 0 radical (unpaired) electrons. The summed E-state index contributed by atoms with van der Waals surface area (Å²) in [4.78, 5) is 5.41. The van der Waals surface area contributed by atoms with Gasteiger partial charge in [-0.05, 0) is 153 Å². The van der Waals surface area contributed by atoms with Gasteiger partial charge in [-0.2, -0.15) is 0 Å². The number of benzene rings is 12. The molecular formula is C84H73BN2. The molecule has 0 aliphatic carbocycles. The van der Waals surface area contributed by atoms with Gasteiger partial charge in [0.2, 0.25) is 0 Å². The maximum atomic E-state index is 2.72. The fraction of sp³-hybridized carbons (Fsp3) is 0.143. The molecule has 0 bridgehead atoms. The molecule has 2 aliphatic rings. The fourth-order valence-electron chi connectivity index (χ4n) is 13.6. The average Bonchev–Trinajstić information content (AvgIpc) is 0.693. The van der Waals surface area contributed by atoms with Crippen LogP contribution in [0.15, 0.2) is 279 Å². The summed E-state index contributed by atoms with van der Waals surface area (Å²) >= 11 is 0. The minimum Gasteiger partial charge on any atom is -0.310 e. The van der Waals surface area contributed by atoms with E-state index in [4.69, 9.17) is 0 Å². The van der Waals surface area contributed by atoms with Gasteiger partial charge in [0.05, 0.1) is 11.4 Å². The Morgan fingerprint density at radius 2 is 0.563 bits per heavy atom. The van der Waals surface area contributed by atoms with Crippen LogP contribution >= 0.6 is 0 Å². The zero-order chi connectivity index (χ0) is 59.8. The first kappa shape index (κ1) is 55.2. The highest BCUT2D eigenvalue weighted by Gasteiger charge is 2.47. The van der Waals surface area contributed by atoms with Crippen molar-refractivity contribution in [3.05, 3.63) is 296 Å². The standard InChI is InChI=1S/C84H73BN2/c1-82(2,3)65-50-68(59-37-23-13-24-38-59)80(69(51-65)60-39-25-14-26-40-60)86-75-46-45-63(56-31-17-10-18-32-56)47-73(75)85-74-54-67(58-35-21-12-22-36-58)72(84(7,8)9)55-76(74)87(78-49-64(48-77(86)79(78)85)57-33-19-11-20-34-57)81-70(61-41-27-15-28-42-61)52-66(83(4,5)6)53-71(81)62-43-29-16-30-44-62/h10-55H,1-9H3. The third-order valence-corrected chi connectivity index (χ3v) is 18.1. The lowest BCUT2D eigenvalue weighted by Gasteiger charge is -2.47. The van der Waals surface area contributed by atoms with E-state index in [0.29, 0.717) is 0 Å². The van der Waals surface area contributed by atoms with Gasteiger partial charge in [-0.1, -0.05) is 293 Å². The highest BCUT2D eigenvalue weighted by molar-refractivity contribution is 7.00. The van der Waals surface area contributed by atoms with Crippen LogP contribution in [0.4, 0.5) is 34.1 Å². The number of rotatable bonds is 9. The van der Waals surface area contributed by atoms with E-state index < -0.39 is 0 Å². The number of hydrogen-bond acceptors (Lipinski definition) is 2. The number of hydrogen-bond donors (Lipinski definition) is 0. The first-order valence-electron chi connectivity index (χ1n) is 30.9. The van der Waals surface area contributed by atoms with E-state index in [1.54, 1.807) is 0 Å². The van der Waals surface area contributed by atoms with Crippen LogP contribution in [0.1, 0.15) is 79.0 Å². The second kappa shape index (κ2) is 21.7. The van der Waals surface area contributed by atoms with Gasteiger partial charge >= 0.3 is 0 Å². The molecule has 0 amide bonds. The summed E-state index contributed by atoms with van der Waals surface area (Å²) in [6.07, 6.45) is 0. The van der Waals surface area contributed by atoms with Crippen molar-refractivity contribution in [1.82, 2.24) is 0 Å². The quantitative estimate of drug-likeness (QED) is 0.133. The van der Waals surface area contributed by atoms with Gasteiger partial charge in [0.25, 0.3) is 6.71 Å². The molecule has 0 aromatic heterocycles. The van der Waals surface area contributed by atoms with Crippen LogP contribution in [0, 0.1) is 0 Å². The summed E-state index contributed by atoms with van der Waals surface area (Å²) in [5.74, 6) is 0. The van der Waals surface area contributed by atoms with Crippen LogP contribution in [0.5, 0.6) is 0 Å². The molecule has 422 valence electrons. The van der Waals surface area contributed by atoms with E-state index in [9.17, 15) is 0 Å². The Labute approximate surface area is 516 Å². The third kappa shape index (κ3) is 10.00. The minimum absolute atomic E-state index is 0.157. The predicted octanol–water partition coefficient (Wildman–Crippen LogP) is 21.3. The topological polar surface area (TPSA) is 6.48 Å². The molecule has 2 aliphatic heterocycles. The summed E-state index contributed by atoms with van der Waals surface area (Å²) in [6, 6.07) is 105. The van der Waals surface area contributed by atoms with Crippen molar-refractivity contribution in [1.29, 1.82) is 0 Å². The Morgan fingerprint density at radius 3 is 0.920 bits per heavy atom. The lowest BCUT2D eigenvalue weighted by molar-refractivity contribution is 0.590. The number of fused-ring (bicyclic) bond motifs is 4. The van der Waals surface area contributed by atoms with Gasteiger partial charge in [0.15, 0.2) is 0 Å². The maximum absolute atomic E-state index is 2.72. The molecule has 2 nitrogen and oxygen atoms in total. The van der Waals surface area contributed by atoms with E-state index in [1.807, 2.05) is 0 Å². The second-order valence-electron chi connectivity index (χ2n) is 26.9. The van der Waals surface area contributed by atoms with E-state index in [-0.39, 0.29) is 23.0 Å². The maximum Gasteiger partial charge on any atom is 0.252 e. The first-order valence-corrected chi connectivity index (χ1v) is 30.9. The monoisotopic (exact) mass is 1120 g/mol. The van der Waals surface area contributed by atoms with Gasteiger partial charge in [-0.15, -0.1) is 0 Å². The van der Waals surface area contributed by atoms with Crippen molar-refractivity contribution in [2.24, 2.45) is 0 Å². The Balaban J connectivity index is 1.22. The summed E-state index contributed by atoms with van der Waals surface area (Å²) in [7, 11) is 0. The van der Waals surface area contributed by atoms with E-state index in [1.165, 1.54) is 106 Å². The summed E-state index contributed by atoms with van der Waals surface area (Å²) in [5, 5.41) is 0. The number of anilines is 6. The van der Waals surface area contributed by atoms with Crippen molar-refractivity contribution in [3.8, 4) is 77.9 Å². The predicted molar refractivity (Wildman–Crippen MR) is 375 cm³/mol. The zero-order valence-electron chi connectivity index (χ0n) is 51.5. The molecule has 3 heteroatoms. The van der Waals surface area contributed by atoms with E-state index in [2.05, 4.69) is 351 Å². The fourth-order valence-corrected chi connectivity index (χ4v) is 13.6. The molecule has 12 aromatic rings. The van der Waals surface area contributed by atoms with Gasteiger partial charge in [0.1, 0.15) is 0 Å². The Hall–Kier alpha value is -9.70. The molecular weight excluding hydrogens is 1050 g/mol. The van der Waals surface area contributed by atoms with Gasteiger partial charge < -0.3 is 9.80 Å². The number of nitrogens with zero attached hydrogens (tertiary/aromatic N) is 2. The highest BCUT2D eigenvalue weighted by Crippen LogP contribution is 2.56.